The van der Waals surface area contributed by atoms with Crippen molar-refractivity contribution in [1.29, 1.82) is 0 Å². The number of hydrogen-bond donors (Lipinski definition) is 3. The van der Waals surface area contributed by atoms with E-state index in [-0.39, 0.29) is 12.6 Å². The SMILES string of the molecule is Nc1ncc(-c2cc(-c3cccnc3NCCO)nc(N3CCOCC3)n2)cn1. The van der Waals surface area contributed by atoms with Crippen LogP contribution in [0.4, 0.5) is 17.7 Å². The van der Waals surface area contributed by atoms with Gasteiger partial charge in [0, 0.05) is 49.4 Å². The average molecular weight is 394 g/mol. The fourth-order valence-corrected chi connectivity index (χ4v) is 3.02. The molecule has 0 spiro atoms. The molecule has 1 aliphatic rings. The first-order valence-electron chi connectivity index (χ1n) is 9.34. The molecule has 4 N–H and O–H groups in total. The summed E-state index contributed by atoms with van der Waals surface area (Å²) >= 11 is 0. The predicted octanol–water partition coefficient (Wildman–Crippen LogP) is 0.819. The van der Waals surface area contributed by atoms with E-state index in [1.54, 1.807) is 18.6 Å². The summed E-state index contributed by atoms with van der Waals surface area (Å²) in [4.78, 5) is 24.2. The lowest BCUT2D eigenvalue weighted by Crippen LogP contribution is -2.37. The molecule has 3 aromatic rings. The number of hydrogen-bond acceptors (Lipinski definition) is 10. The maximum atomic E-state index is 9.16. The van der Waals surface area contributed by atoms with E-state index in [0.29, 0.717) is 56.0 Å². The summed E-state index contributed by atoms with van der Waals surface area (Å²) in [6, 6.07) is 5.66. The van der Waals surface area contributed by atoms with Crippen LogP contribution in [0.15, 0.2) is 36.8 Å². The number of nitrogens with two attached hydrogens (primary N) is 1. The van der Waals surface area contributed by atoms with Crippen molar-refractivity contribution in [3.8, 4) is 22.5 Å². The molecule has 0 unspecified atom stereocenters. The number of rotatable bonds is 6. The van der Waals surface area contributed by atoms with Gasteiger partial charge >= 0.3 is 0 Å². The number of aliphatic hydroxyl groups is 1. The zero-order valence-electron chi connectivity index (χ0n) is 15.8. The molecule has 1 aliphatic heterocycles. The topological polar surface area (TPSA) is 135 Å². The van der Waals surface area contributed by atoms with E-state index in [9.17, 15) is 0 Å². The summed E-state index contributed by atoms with van der Waals surface area (Å²) < 4.78 is 5.45. The first-order valence-corrected chi connectivity index (χ1v) is 9.34. The van der Waals surface area contributed by atoms with Crippen molar-refractivity contribution in [3.63, 3.8) is 0 Å². The highest BCUT2D eigenvalue weighted by Gasteiger charge is 2.18. The van der Waals surface area contributed by atoms with E-state index >= 15 is 0 Å². The quantitative estimate of drug-likeness (QED) is 0.551. The number of ether oxygens (including phenoxy) is 1. The number of aromatic nitrogens is 5. The lowest BCUT2D eigenvalue weighted by Gasteiger charge is -2.27. The zero-order chi connectivity index (χ0) is 20.1. The molecule has 0 radical (unpaired) electrons. The molecule has 0 aromatic carbocycles. The van der Waals surface area contributed by atoms with Crippen LogP contribution in [0.3, 0.4) is 0 Å². The molecule has 1 saturated heterocycles. The number of pyridine rings is 1. The predicted molar refractivity (Wildman–Crippen MR) is 109 cm³/mol. The molecule has 0 bridgehead atoms. The smallest absolute Gasteiger partial charge is 0.226 e. The summed E-state index contributed by atoms with van der Waals surface area (Å²) in [6.07, 6.45) is 4.99. The van der Waals surface area contributed by atoms with Gasteiger partial charge < -0.3 is 25.8 Å². The maximum absolute atomic E-state index is 9.16. The van der Waals surface area contributed by atoms with Crippen LogP contribution in [-0.2, 0) is 4.74 Å². The van der Waals surface area contributed by atoms with Gasteiger partial charge in [-0.2, -0.15) is 0 Å². The Labute approximate surface area is 167 Å². The van der Waals surface area contributed by atoms with Gasteiger partial charge in [-0.05, 0) is 18.2 Å². The molecular weight excluding hydrogens is 372 g/mol. The van der Waals surface area contributed by atoms with E-state index in [2.05, 4.69) is 25.2 Å². The monoisotopic (exact) mass is 394 g/mol. The van der Waals surface area contributed by atoms with Crippen molar-refractivity contribution < 1.29 is 9.84 Å². The number of nitrogen functional groups attached to an aromatic ring is 1. The van der Waals surface area contributed by atoms with Crippen LogP contribution in [0, 0.1) is 0 Å². The van der Waals surface area contributed by atoms with Crippen LogP contribution < -0.4 is 16.0 Å². The summed E-state index contributed by atoms with van der Waals surface area (Å²) in [6.45, 7) is 3.08. The average Bonchev–Trinajstić information content (AvgIpc) is 2.78. The molecular formula is C19H22N8O2. The van der Waals surface area contributed by atoms with Crippen molar-refractivity contribution in [2.45, 2.75) is 0 Å². The van der Waals surface area contributed by atoms with Crippen molar-refractivity contribution in [3.05, 3.63) is 36.8 Å². The Kier molecular flexibility index (Phi) is 5.73. The maximum Gasteiger partial charge on any atom is 0.226 e. The van der Waals surface area contributed by atoms with E-state index in [0.717, 1.165) is 11.1 Å². The van der Waals surface area contributed by atoms with E-state index < -0.39 is 0 Å². The third-order valence-corrected chi connectivity index (χ3v) is 4.46. The largest absolute Gasteiger partial charge is 0.395 e. The Hall–Kier alpha value is -3.37. The number of nitrogens with one attached hydrogen (secondary N) is 1. The van der Waals surface area contributed by atoms with Crippen LogP contribution in [0.5, 0.6) is 0 Å². The second-order valence-corrected chi connectivity index (χ2v) is 6.42. The normalized spacial score (nSPS) is 14.0. The van der Waals surface area contributed by atoms with Crippen LogP contribution in [0.25, 0.3) is 22.5 Å². The Morgan fingerprint density at radius 1 is 1.10 bits per heavy atom. The van der Waals surface area contributed by atoms with Crippen molar-refractivity contribution in [2.75, 3.05) is 55.4 Å². The van der Waals surface area contributed by atoms with Crippen LogP contribution in [0.1, 0.15) is 0 Å². The molecule has 0 atom stereocenters. The van der Waals surface area contributed by atoms with Gasteiger partial charge in [0.05, 0.1) is 31.2 Å². The minimum absolute atomic E-state index is 0.00679. The number of anilines is 3. The lowest BCUT2D eigenvalue weighted by atomic mass is 10.1. The fourth-order valence-electron chi connectivity index (χ4n) is 3.02. The minimum atomic E-state index is 0.00679. The highest BCUT2D eigenvalue weighted by molar-refractivity contribution is 5.76. The van der Waals surface area contributed by atoms with Gasteiger partial charge in [0.25, 0.3) is 0 Å². The second-order valence-electron chi connectivity index (χ2n) is 6.42. The van der Waals surface area contributed by atoms with Gasteiger partial charge in [0.2, 0.25) is 11.9 Å². The van der Waals surface area contributed by atoms with Gasteiger partial charge in [-0.25, -0.2) is 24.9 Å². The van der Waals surface area contributed by atoms with Gasteiger partial charge in [0.1, 0.15) is 5.82 Å². The Balaban J connectivity index is 1.80. The molecule has 0 amide bonds. The van der Waals surface area contributed by atoms with E-state index in [4.69, 9.17) is 25.5 Å². The molecule has 29 heavy (non-hydrogen) atoms. The molecule has 150 valence electrons. The Bertz CT molecular complexity index is 961. The third-order valence-electron chi connectivity index (χ3n) is 4.46. The summed E-state index contributed by atoms with van der Waals surface area (Å²) in [5, 5.41) is 12.3. The highest BCUT2D eigenvalue weighted by atomic mass is 16.5. The zero-order valence-corrected chi connectivity index (χ0v) is 15.8. The van der Waals surface area contributed by atoms with E-state index in [1.807, 2.05) is 18.2 Å². The second kappa shape index (κ2) is 8.76. The summed E-state index contributed by atoms with van der Waals surface area (Å²) in [5.74, 6) is 1.46. The Morgan fingerprint density at radius 2 is 1.86 bits per heavy atom. The molecule has 0 aliphatic carbocycles. The van der Waals surface area contributed by atoms with Crippen LogP contribution in [0.2, 0.25) is 0 Å². The van der Waals surface area contributed by atoms with Crippen molar-refractivity contribution in [2.24, 2.45) is 0 Å². The molecule has 4 heterocycles. The molecule has 10 nitrogen and oxygen atoms in total. The van der Waals surface area contributed by atoms with Gasteiger partial charge in [-0.3, -0.25) is 0 Å². The third kappa shape index (κ3) is 4.39. The standard InChI is InChI=1S/C19H22N8O2/c20-18-23-11-13(12-24-18)15-10-16(14-2-1-3-21-17(14)22-4-7-28)26-19(25-15)27-5-8-29-9-6-27/h1-3,10-12,28H,4-9H2,(H,21,22)(H2,20,23,24). The molecule has 4 rings (SSSR count). The van der Waals surface area contributed by atoms with Gasteiger partial charge in [-0.1, -0.05) is 0 Å². The lowest BCUT2D eigenvalue weighted by molar-refractivity contribution is 0.122. The molecule has 3 aromatic heterocycles. The number of morpholine rings is 1. The highest BCUT2D eigenvalue weighted by Crippen LogP contribution is 2.29. The Morgan fingerprint density at radius 3 is 2.62 bits per heavy atom. The van der Waals surface area contributed by atoms with Crippen molar-refractivity contribution >= 4 is 17.7 Å². The fraction of sp³-hybridized carbons (Fsp3) is 0.316. The summed E-state index contributed by atoms with van der Waals surface area (Å²) in [7, 11) is 0. The number of aliphatic hydroxyl groups excluding tert-OH is 1. The van der Waals surface area contributed by atoms with Gasteiger partial charge in [-0.15, -0.1) is 0 Å². The number of nitrogens with zero attached hydrogens (tertiary/aromatic N) is 6. The van der Waals surface area contributed by atoms with Crippen LogP contribution >= 0.6 is 0 Å². The molecule has 1 fully saturated rings. The minimum Gasteiger partial charge on any atom is -0.395 e. The van der Waals surface area contributed by atoms with Crippen molar-refractivity contribution in [1.82, 2.24) is 24.9 Å². The first kappa shape index (κ1) is 19.0. The van der Waals surface area contributed by atoms with Gasteiger partial charge in [0.15, 0.2) is 0 Å². The first-order chi connectivity index (χ1) is 14.2. The molecule has 10 heteroatoms. The molecule has 0 saturated carbocycles. The summed E-state index contributed by atoms with van der Waals surface area (Å²) in [5.41, 5.74) is 8.58. The van der Waals surface area contributed by atoms with E-state index in [1.165, 1.54) is 0 Å². The van der Waals surface area contributed by atoms with Crippen LogP contribution in [-0.4, -0.2) is 69.5 Å².